The van der Waals surface area contributed by atoms with E-state index in [-0.39, 0.29) is 70.0 Å². The summed E-state index contributed by atoms with van der Waals surface area (Å²) in [5.74, 6) is -3.39. The second kappa shape index (κ2) is 42.3. The lowest BCUT2D eigenvalue weighted by Crippen LogP contribution is -2.42. The highest BCUT2D eigenvalue weighted by atomic mass is 32.2. The van der Waals surface area contributed by atoms with Gasteiger partial charge in [-0.3, -0.25) is 18.8 Å². The molecule has 31 nitrogen and oxygen atoms in total. The Balaban J connectivity index is 0.000000148. The van der Waals surface area contributed by atoms with Crippen molar-refractivity contribution in [3.05, 3.63) is 299 Å². The predicted molar refractivity (Wildman–Crippen MR) is 514 cm³/mol. The standard InChI is InChI=1S/C40H39F2N7O6S.C34H37F2N7O3.C29H29F2N7O/c1-40(2,3)55-39(51)47-16-14-30(15-17-47)48-23-27(21-45-48)26-19-33-34(24-49(37(33)43-20-26)56(52,53)31-8-6-5-7-9-31)35(50)32-13-12-29(46-36(32)42)11-10-25-18-28(41)22-44-38(25)54-4;1-34(2,3)46-33(44)42-11-9-28(10-12-42)43-20-25(18-40-43)23-15-29-24(17-38-31(29)37-16-23)13-21-5-7-27(41-30(21)36)8-6-22-14-26(35)19-39-32(22)45-4;1-39-29-19(11-23(30)16-35-29)3-5-24-4-2-18(27(31)37-24)10-21-14-34-28-26(21)12-20(13-33-28)22-15-36-38(17-22)25-6-8-32-9-7-25/h5-9,12-13,18-24,30H,10-11,14-17H2,1-4H3;5,7,14-20,28H,6,8-13H2,1-4H3,(H,37,38);2,4,11-17,25,32H,3,5-10H2,1H3,(H,33,34). The van der Waals surface area contributed by atoms with E-state index in [1.54, 1.807) is 64.7 Å². The maximum absolute atomic E-state index is 15.7. The molecule has 1 aromatic carbocycles. The van der Waals surface area contributed by atoms with E-state index in [0.29, 0.717) is 157 Å². The van der Waals surface area contributed by atoms with Gasteiger partial charge in [0.05, 0.1) is 92.7 Å². The zero-order chi connectivity index (χ0) is 99.0. The van der Waals surface area contributed by atoms with Gasteiger partial charge in [0.1, 0.15) is 39.9 Å². The van der Waals surface area contributed by atoms with Gasteiger partial charge in [-0.2, -0.15) is 28.5 Å². The fraction of sp³-hybridized carbons (Fsp3) is 0.330. The van der Waals surface area contributed by atoms with Crippen LogP contribution in [0.4, 0.5) is 35.9 Å². The molecule has 3 saturated heterocycles. The molecule has 0 atom stereocenters. The van der Waals surface area contributed by atoms with Crippen LogP contribution in [0, 0.1) is 35.3 Å². The van der Waals surface area contributed by atoms with E-state index in [2.05, 4.69) is 92.4 Å². The maximum Gasteiger partial charge on any atom is 0.410 e. The van der Waals surface area contributed by atoms with Gasteiger partial charge in [-0.05, 0) is 216 Å². The molecule has 0 saturated carbocycles. The van der Waals surface area contributed by atoms with Gasteiger partial charge in [-0.1, -0.05) is 30.3 Å². The molecule has 18 heterocycles. The lowest BCUT2D eigenvalue weighted by molar-refractivity contribution is 0.0174. The minimum absolute atomic E-state index is 0.0133. The molecule has 2 amide bonds. The second-order valence-electron chi connectivity index (χ2n) is 36.9. The first-order valence-corrected chi connectivity index (χ1v) is 47.9. The Hall–Kier alpha value is -15.1. The molecule has 38 heteroatoms. The van der Waals surface area contributed by atoms with Crippen LogP contribution < -0.4 is 19.5 Å². The highest BCUT2D eigenvalue weighted by Gasteiger charge is 2.34. The van der Waals surface area contributed by atoms with Crippen molar-refractivity contribution in [3.8, 4) is 51.0 Å². The van der Waals surface area contributed by atoms with Crippen LogP contribution in [0.5, 0.6) is 17.6 Å². The number of likely N-dealkylation sites (tertiary alicyclic amines) is 2. The molecule has 0 spiro atoms. The number of ketones is 1. The molecule has 0 unspecified atom stereocenters. The summed E-state index contributed by atoms with van der Waals surface area (Å²) in [5, 5.41) is 19.2. The predicted octanol–water partition coefficient (Wildman–Crippen LogP) is 18.1. The Morgan fingerprint density at radius 1 is 0.404 bits per heavy atom. The van der Waals surface area contributed by atoms with E-state index >= 15 is 13.2 Å². The number of aromatic amines is 2. The Morgan fingerprint density at radius 3 is 1.19 bits per heavy atom. The third kappa shape index (κ3) is 23.1. The molecule has 3 aliphatic heterocycles. The molecule has 3 N–H and O–H groups in total. The number of fused-ring (bicyclic) bond motifs is 3. The quantitative estimate of drug-likeness (QED) is 0.0257. The minimum Gasteiger partial charge on any atom is -0.481 e. The molecule has 19 rings (SSSR count). The Bertz CT molecular complexity index is 7360. The van der Waals surface area contributed by atoms with Crippen molar-refractivity contribution in [1.29, 1.82) is 0 Å². The summed E-state index contributed by atoms with van der Waals surface area (Å²) in [5.41, 5.74) is 10.8. The topological polar surface area (TPSA) is 356 Å². The Labute approximate surface area is 808 Å². The van der Waals surface area contributed by atoms with Gasteiger partial charge >= 0.3 is 12.2 Å². The number of methoxy groups -OCH3 is 3. The molecular weight excluding hydrogens is 1840 g/mol. The number of pyridine rings is 9. The number of nitrogens with zero attached hydrogens (tertiary/aromatic N) is 18. The summed E-state index contributed by atoms with van der Waals surface area (Å²) < 4.78 is 148. The number of H-pyrrole nitrogens is 2. The van der Waals surface area contributed by atoms with Crippen LogP contribution in [0.3, 0.4) is 0 Å². The smallest absolute Gasteiger partial charge is 0.410 e. The van der Waals surface area contributed by atoms with E-state index < -0.39 is 62.3 Å². The summed E-state index contributed by atoms with van der Waals surface area (Å²) >= 11 is 0. The summed E-state index contributed by atoms with van der Waals surface area (Å²) in [6, 6.07) is 28.0. The number of hydrogen-bond acceptors (Lipinski definition) is 23. The number of hydrogen-bond donors (Lipinski definition) is 3. The van der Waals surface area contributed by atoms with Crippen LogP contribution >= 0.6 is 0 Å². The van der Waals surface area contributed by atoms with Crippen molar-refractivity contribution >= 4 is 61.1 Å². The molecule has 0 radical (unpaired) electrons. The molecule has 3 fully saturated rings. The van der Waals surface area contributed by atoms with Crippen LogP contribution in [0.15, 0.2) is 201 Å². The molecule has 0 bridgehead atoms. The number of piperidine rings is 3. The Kier molecular flexibility index (Phi) is 29.3. The van der Waals surface area contributed by atoms with E-state index in [0.717, 1.165) is 117 Å². The monoisotopic (exact) mass is 1940 g/mol. The van der Waals surface area contributed by atoms with Crippen LogP contribution in [-0.4, -0.2) is 196 Å². The average Bonchev–Trinajstić information content (AvgIpc) is 1.59. The number of carbonyl (C=O) groups is 3. The SMILES string of the molecule is COc1ncc(F)cc1CCc1ccc(C(=O)c2cn(S(=O)(=O)c3ccccc3)c3ncc(-c4cnn(C5CCN(C(=O)OC(C)(C)C)CC5)c4)cc23)c(F)n1.COc1ncc(F)cc1CCc1ccc(Cc2c[nH]c3ncc(-c4cnn(C5CCN(C(=O)OC(C)(C)C)CC5)c4)cc23)c(F)n1.COc1ncc(F)cc1CCc1ccc(Cc2c[nH]c3ncc(-c4cnn(C5CCNCC5)c4)cc23)c(F)n1. The van der Waals surface area contributed by atoms with Crippen molar-refractivity contribution in [2.45, 2.75) is 166 Å². The molecule has 16 aromatic rings. The zero-order valence-electron chi connectivity index (χ0n) is 79.2. The van der Waals surface area contributed by atoms with Gasteiger partial charge in [0, 0.05) is 189 Å². The fourth-order valence-corrected chi connectivity index (χ4v) is 18.9. The molecule has 730 valence electrons. The van der Waals surface area contributed by atoms with Crippen molar-refractivity contribution in [2.24, 2.45) is 0 Å². The summed E-state index contributed by atoms with van der Waals surface area (Å²) in [4.78, 5) is 86.9. The number of benzene rings is 1. The molecule has 141 heavy (non-hydrogen) atoms. The number of carbonyl (C=O) groups excluding carboxylic acids is 3. The normalized spacial score (nSPS) is 14.1. The number of nitrogens with one attached hydrogen (secondary N) is 3. The molecule has 3 aliphatic rings. The average molecular weight is 1940 g/mol. The lowest BCUT2D eigenvalue weighted by atomic mass is 10.0. The van der Waals surface area contributed by atoms with E-state index in [9.17, 15) is 36.0 Å². The first kappa shape index (κ1) is 97.6. The van der Waals surface area contributed by atoms with E-state index in [1.165, 1.54) is 70.0 Å². The van der Waals surface area contributed by atoms with Gasteiger partial charge in [0.2, 0.25) is 35.5 Å². The van der Waals surface area contributed by atoms with Crippen molar-refractivity contribution in [1.82, 2.24) is 103 Å². The van der Waals surface area contributed by atoms with Crippen LogP contribution in [0.1, 0.15) is 170 Å². The summed E-state index contributed by atoms with van der Waals surface area (Å²) in [7, 11) is 0.149. The lowest BCUT2D eigenvalue weighted by Gasteiger charge is -2.33. The Morgan fingerprint density at radius 2 is 0.794 bits per heavy atom. The molecule has 0 aliphatic carbocycles. The summed E-state index contributed by atoms with van der Waals surface area (Å²) in [6.45, 7) is 15.3. The highest BCUT2D eigenvalue weighted by Crippen LogP contribution is 2.37. The number of halogens is 6. The number of aromatic nitrogens is 18. The largest absolute Gasteiger partial charge is 0.481 e. The number of amides is 2. The van der Waals surface area contributed by atoms with E-state index in [1.807, 2.05) is 106 Å². The van der Waals surface area contributed by atoms with Gasteiger partial charge in [0.25, 0.3) is 10.0 Å². The summed E-state index contributed by atoms with van der Waals surface area (Å²) in [6.07, 6.45) is 31.8. The van der Waals surface area contributed by atoms with Crippen LogP contribution in [0.25, 0.3) is 66.5 Å². The fourth-order valence-electron chi connectivity index (χ4n) is 17.6. The van der Waals surface area contributed by atoms with Crippen LogP contribution in [0.2, 0.25) is 0 Å². The highest BCUT2D eigenvalue weighted by molar-refractivity contribution is 7.90. The van der Waals surface area contributed by atoms with E-state index in [4.69, 9.17) is 23.7 Å². The maximum atomic E-state index is 15.7. The van der Waals surface area contributed by atoms with Crippen molar-refractivity contribution in [2.75, 3.05) is 60.6 Å². The van der Waals surface area contributed by atoms with Crippen molar-refractivity contribution < 1.29 is 72.8 Å². The first-order chi connectivity index (χ1) is 67.8. The third-order valence-electron chi connectivity index (χ3n) is 24.9. The minimum atomic E-state index is -4.23. The van der Waals surface area contributed by atoms with Gasteiger partial charge in [-0.25, -0.2) is 80.0 Å². The molecular formula is C103H105F6N21O10S. The zero-order valence-corrected chi connectivity index (χ0v) is 80.0. The molecule has 15 aromatic heterocycles. The van der Waals surface area contributed by atoms with Gasteiger partial charge in [0.15, 0.2) is 11.4 Å². The van der Waals surface area contributed by atoms with Crippen LogP contribution in [-0.2, 0) is 70.9 Å². The van der Waals surface area contributed by atoms with Gasteiger partial charge < -0.3 is 48.8 Å². The van der Waals surface area contributed by atoms with Crippen molar-refractivity contribution in [3.63, 3.8) is 0 Å². The number of aryl methyl sites for hydroxylation is 6. The second-order valence-corrected chi connectivity index (χ2v) is 38.7. The number of ether oxygens (including phenoxy) is 5. The number of rotatable bonds is 26. The van der Waals surface area contributed by atoms with Gasteiger partial charge in [-0.15, -0.1) is 0 Å². The first-order valence-electron chi connectivity index (χ1n) is 46.4. The third-order valence-corrected chi connectivity index (χ3v) is 26.6.